The first kappa shape index (κ1) is 7.74. The molecule has 0 bridgehead atoms. The Morgan fingerprint density at radius 1 is 1.38 bits per heavy atom. The van der Waals surface area contributed by atoms with Gasteiger partial charge in [-0.15, -0.1) is 0 Å². The molecule has 0 heterocycles. The Bertz CT molecular complexity index is 53.1. The van der Waals surface area contributed by atoms with Gasteiger partial charge in [0.15, 0.2) is 0 Å². The Hall–Kier alpha value is -0.260. The van der Waals surface area contributed by atoms with E-state index in [9.17, 15) is 0 Å². The molecule has 0 saturated carbocycles. The molecule has 0 fully saturated rings. The van der Waals surface area contributed by atoms with Crippen molar-refractivity contribution in [2.45, 2.75) is 25.7 Å². The maximum absolute atomic E-state index is 5.27. The largest absolute Gasteiger partial charge is 0.0885 e. The predicted molar refractivity (Wildman–Crippen MR) is 37.3 cm³/mol. The average Bonchev–Trinajstić information content (AvgIpc) is 1.81. The second kappa shape index (κ2) is 6.74. The van der Waals surface area contributed by atoms with Crippen LogP contribution in [0.25, 0.3) is 0 Å². The van der Waals surface area contributed by atoms with Crippen LogP contribution in [0.4, 0.5) is 0 Å². The van der Waals surface area contributed by atoms with E-state index in [0.717, 1.165) is 19.3 Å². The smallest absolute Gasteiger partial charge is 0.0316 e. The number of allylic oxidation sites excluding steroid dienone is 2. The second-order valence-corrected chi connectivity index (χ2v) is 1.76. The summed E-state index contributed by atoms with van der Waals surface area (Å²) in [5, 5.41) is 0. The molecule has 0 saturated heterocycles. The van der Waals surface area contributed by atoms with Crippen molar-refractivity contribution in [2.75, 3.05) is 0 Å². The molecule has 0 spiro atoms. The number of hydrogen-bond acceptors (Lipinski definition) is 0. The minimum atomic E-state index is 0.810. The molecule has 0 rings (SSSR count). The molecule has 0 aromatic heterocycles. The summed E-state index contributed by atoms with van der Waals surface area (Å²) in [6.07, 6.45) is 8.16. The van der Waals surface area contributed by atoms with Crippen molar-refractivity contribution < 1.29 is 0 Å². The van der Waals surface area contributed by atoms with E-state index in [1.54, 1.807) is 0 Å². The summed E-state index contributed by atoms with van der Waals surface area (Å²) >= 11 is 0. The average molecular weight is 109 g/mol. The standard InChI is InChI=1S/C8H13/c1-3-5-7-8-6-4-2/h1,4,6H,2-3,5,7-8H2/b6-4+. The van der Waals surface area contributed by atoms with E-state index in [1.165, 1.54) is 6.42 Å². The van der Waals surface area contributed by atoms with E-state index in [4.69, 9.17) is 6.92 Å². The highest BCUT2D eigenvalue weighted by Gasteiger charge is 1.78. The van der Waals surface area contributed by atoms with E-state index in [1.807, 2.05) is 6.08 Å². The molecule has 0 amide bonds. The Labute approximate surface area is 52.6 Å². The van der Waals surface area contributed by atoms with Crippen LogP contribution in [0, 0.1) is 13.8 Å². The summed E-state index contributed by atoms with van der Waals surface area (Å²) in [7, 11) is 0. The first-order valence-corrected chi connectivity index (χ1v) is 3.06. The zero-order chi connectivity index (χ0) is 6.24. The highest BCUT2D eigenvalue weighted by Crippen LogP contribution is 1.98. The van der Waals surface area contributed by atoms with E-state index in [2.05, 4.69) is 13.0 Å². The van der Waals surface area contributed by atoms with Gasteiger partial charge in [0, 0.05) is 0 Å². The highest BCUT2D eigenvalue weighted by atomic mass is 13.8. The first-order chi connectivity index (χ1) is 3.91. The maximum atomic E-state index is 5.27. The van der Waals surface area contributed by atoms with Crippen LogP contribution in [0.1, 0.15) is 25.7 Å². The highest BCUT2D eigenvalue weighted by molar-refractivity contribution is 4.83. The third-order valence-electron chi connectivity index (χ3n) is 0.992. The second-order valence-electron chi connectivity index (χ2n) is 1.76. The van der Waals surface area contributed by atoms with Gasteiger partial charge in [-0.05, 0) is 33.1 Å². The van der Waals surface area contributed by atoms with Gasteiger partial charge in [0.05, 0.1) is 0 Å². The topological polar surface area (TPSA) is 0 Å². The molecule has 0 aromatic carbocycles. The minimum absolute atomic E-state index is 0.810. The predicted octanol–water partition coefficient (Wildman–Crippen LogP) is 2.65. The molecule has 8 heavy (non-hydrogen) atoms. The van der Waals surface area contributed by atoms with E-state index < -0.39 is 0 Å². The Morgan fingerprint density at radius 2 is 2.12 bits per heavy atom. The van der Waals surface area contributed by atoms with Gasteiger partial charge in [0.2, 0.25) is 0 Å². The van der Waals surface area contributed by atoms with Crippen molar-refractivity contribution in [1.82, 2.24) is 0 Å². The van der Waals surface area contributed by atoms with Gasteiger partial charge in [-0.25, -0.2) is 0 Å². The van der Waals surface area contributed by atoms with Gasteiger partial charge >= 0.3 is 0 Å². The molecule has 3 radical (unpaired) electrons. The molecule has 0 N–H and O–H groups in total. The summed E-state index contributed by atoms with van der Waals surface area (Å²) < 4.78 is 0. The molecule has 0 unspecified atom stereocenters. The maximum Gasteiger partial charge on any atom is -0.0316 e. The van der Waals surface area contributed by atoms with Crippen molar-refractivity contribution in [1.29, 1.82) is 0 Å². The molecular formula is C8H13. The fraction of sp³-hybridized carbons (Fsp3) is 0.500. The first-order valence-electron chi connectivity index (χ1n) is 3.06. The van der Waals surface area contributed by atoms with Gasteiger partial charge < -0.3 is 0 Å². The lowest BCUT2D eigenvalue weighted by atomic mass is 10.2. The van der Waals surface area contributed by atoms with Crippen molar-refractivity contribution in [2.24, 2.45) is 0 Å². The molecule has 0 atom stereocenters. The van der Waals surface area contributed by atoms with Crippen LogP contribution in [-0.2, 0) is 0 Å². The molecule has 0 heteroatoms. The van der Waals surface area contributed by atoms with Crippen LogP contribution in [0.2, 0.25) is 0 Å². The van der Waals surface area contributed by atoms with Crippen LogP contribution in [-0.4, -0.2) is 0 Å². The Balaban J connectivity index is 2.72. The van der Waals surface area contributed by atoms with Gasteiger partial charge in [0.25, 0.3) is 0 Å². The van der Waals surface area contributed by atoms with Crippen LogP contribution in [0.5, 0.6) is 0 Å². The molecule has 0 aliphatic rings. The van der Waals surface area contributed by atoms with Crippen LogP contribution in [0.15, 0.2) is 12.2 Å². The van der Waals surface area contributed by atoms with Crippen molar-refractivity contribution in [3.63, 3.8) is 0 Å². The molecule has 45 valence electrons. The fourth-order valence-corrected chi connectivity index (χ4v) is 0.524. The van der Waals surface area contributed by atoms with Crippen molar-refractivity contribution in [3.8, 4) is 0 Å². The third kappa shape index (κ3) is 5.74. The van der Waals surface area contributed by atoms with Gasteiger partial charge in [-0.3, -0.25) is 0 Å². The van der Waals surface area contributed by atoms with Gasteiger partial charge in [-0.1, -0.05) is 18.6 Å². The Morgan fingerprint density at radius 3 is 2.62 bits per heavy atom. The summed E-state index contributed by atoms with van der Waals surface area (Å²) in [6, 6.07) is 0. The SMILES string of the molecule is [CH]CCCC/C=C/[CH2]. The quantitative estimate of drug-likeness (QED) is 0.487. The lowest BCUT2D eigenvalue weighted by Crippen LogP contribution is -1.69. The number of hydrogen-bond donors (Lipinski definition) is 0. The summed E-state index contributed by atoms with van der Waals surface area (Å²) in [5.74, 6) is 0. The number of rotatable bonds is 4. The van der Waals surface area contributed by atoms with Crippen LogP contribution in [0.3, 0.4) is 0 Å². The third-order valence-corrected chi connectivity index (χ3v) is 0.992. The van der Waals surface area contributed by atoms with Crippen LogP contribution < -0.4 is 0 Å². The molecule has 0 aliphatic carbocycles. The zero-order valence-electron chi connectivity index (χ0n) is 5.27. The summed E-state index contributed by atoms with van der Waals surface area (Å²) in [6.45, 7) is 8.84. The lowest BCUT2D eigenvalue weighted by molar-refractivity contribution is 0.760. The fourth-order valence-electron chi connectivity index (χ4n) is 0.524. The van der Waals surface area contributed by atoms with Crippen LogP contribution >= 0.6 is 0 Å². The molecule has 0 nitrogen and oxygen atoms in total. The van der Waals surface area contributed by atoms with Crippen molar-refractivity contribution in [3.05, 3.63) is 26.0 Å². The summed E-state index contributed by atoms with van der Waals surface area (Å²) in [5.41, 5.74) is 0. The minimum Gasteiger partial charge on any atom is -0.0885 e. The van der Waals surface area contributed by atoms with Crippen molar-refractivity contribution >= 4 is 0 Å². The van der Waals surface area contributed by atoms with Gasteiger partial charge in [-0.2, -0.15) is 0 Å². The van der Waals surface area contributed by atoms with E-state index in [-0.39, 0.29) is 0 Å². The zero-order valence-corrected chi connectivity index (χ0v) is 5.27. The molecular weight excluding hydrogens is 96.1 g/mol. The van der Waals surface area contributed by atoms with E-state index >= 15 is 0 Å². The number of unbranched alkanes of at least 4 members (excludes halogenated alkanes) is 3. The molecule has 0 aliphatic heterocycles. The lowest BCUT2D eigenvalue weighted by Gasteiger charge is -1.88. The summed E-state index contributed by atoms with van der Waals surface area (Å²) in [4.78, 5) is 0. The normalized spacial score (nSPS) is 10.8. The molecule has 0 aromatic rings. The van der Waals surface area contributed by atoms with E-state index in [0.29, 0.717) is 0 Å². The Kier molecular flexibility index (Phi) is 6.52. The monoisotopic (exact) mass is 109 g/mol. The van der Waals surface area contributed by atoms with Gasteiger partial charge in [0.1, 0.15) is 0 Å².